The van der Waals surface area contributed by atoms with E-state index < -0.39 is 5.92 Å². The molecule has 102 valence electrons. The van der Waals surface area contributed by atoms with Crippen LogP contribution in [0.3, 0.4) is 0 Å². The van der Waals surface area contributed by atoms with Crippen LogP contribution in [0.5, 0.6) is 0 Å². The lowest BCUT2D eigenvalue weighted by Gasteiger charge is -2.32. The molecule has 0 aromatic heterocycles. The number of ketones is 1. The normalized spacial score (nSPS) is 19.6. The van der Waals surface area contributed by atoms with Crippen molar-refractivity contribution >= 4 is 17.4 Å². The van der Waals surface area contributed by atoms with Gasteiger partial charge in [-0.2, -0.15) is 0 Å². The van der Waals surface area contributed by atoms with Crippen molar-refractivity contribution in [2.24, 2.45) is 5.92 Å². The Labute approximate surface area is 112 Å². The molecule has 0 spiro atoms. The van der Waals surface area contributed by atoms with Gasteiger partial charge in [-0.05, 0) is 43.5 Å². The van der Waals surface area contributed by atoms with Gasteiger partial charge in [0.15, 0.2) is 0 Å². The van der Waals surface area contributed by atoms with E-state index in [2.05, 4.69) is 0 Å². The highest BCUT2D eigenvalue weighted by molar-refractivity contribution is 6.09. The number of Topliss-reactive ketones (excluding diaryl/α,β-unsaturated/α-hetero) is 1. The summed E-state index contributed by atoms with van der Waals surface area (Å²) in [6.07, 6.45) is 1.81. The fraction of sp³-hybridized carbons (Fsp3) is 0.467. The zero-order chi connectivity index (χ0) is 14.0. The van der Waals surface area contributed by atoms with Crippen molar-refractivity contribution in [3.8, 4) is 0 Å². The number of anilines is 1. The van der Waals surface area contributed by atoms with Crippen molar-refractivity contribution in [2.45, 2.75) is 33.1 Å². The molecule has 0 radical (unpaired) electrons. The van der Waals surface area contributed by atoms with Crippen LogP contribution in [-0.2, 0) is 9.59 Å². The zero-order valence-corrected chi connectivity index (χ0v) is 11.3. The second-order valence-electron chi connectivity index (χ2n) is 4.94. The minimum absolute atomic E-state index is 0.00513. The van der Waals surface area contributed by atoms with Gasteiger partial charge in [0, 0.05) is 18.7 Å². The second kappa shape index (κ2) is 5.51. The third-order valence-corrected chi connectivity index (χ3v) is 3.63. The van der Waals surface area contributed by atoms with E-state index in [1.165, 1.54) is 12.1 Å². The molecule has 0 aliphatic carbocycles. The summed E-state index contributed by atoms with van der Waals surface area (Å²) in [4.78, 5) is 25.8. The van der Waals surface area contributed by atoms with E-state index in [9.17, 15) is 14.0 Å². The van der Waals surface area contributed by atoms with Gasteiger partial charge in [-0.25, -0.2) is 4.39 Å². The molecule has 0 saturated carbocycles. The summed E-state index contributed by atoms with van der Waals surface area (Å²) < 4.78 is 13.1. The Morgan fingerprint density at radius 2 is 2.21 bits per heavy atom. The Morgan fingerprint density at radius 3 is 2.84 bits per heavy atom. The molecule has 1 aromatic carbocycles. The first-order valence-electron chi connectivity index (χ1n) is 6.64. The molecular weight excluding hydrogens is 245 g/mol. The summed E-state index contributed by atoms with van der Waals surface area (Å²) in [5.41, 5.74) is 1.43. The van der Waals surface area contributed by atoms with Crippen molar-refractivity contribution in [3.05, 3.63) is 29.6 Å². The predicted octanol–water partition coefficient (Wildman–Crippen LogP) is 2.86. The summed E-state index contributed by atoms with van der Waals surface area (Å²) >= 11 is 0. The van der Waals surface area contributed by atoms with E-state index in [4.69, 9.17) is 0 Å². The molecule has 0 bridgehead atoms. The van der Waals surface area contributed by atoms with E-state index >= 15 is 0 Å². The van der Waals surface area contributed by atoms with Crippen LogP contribution in [-0.4, -0.2) is 18.2 Å². The van der Waals surface area contributed by atoms with Crippen molar-refractivity contribution in [3.63, 3.8) is 0 Å². The highest BCUT2D eigenvalue weighted by atomic mass is 19.1. The number of rotatable bonds is 3. The van der Waals surface area contributed by atoms with Crippen molar-refractivity contribution < 1.29 is 14.0 Å². The van der Waals surface area contributed by atoms with Crippen LogP contribution in [0.25, 0.3) is 0 Å². The Balaban J connectivity index is 2.29. The molecule has 1 aromatic rings. The van der Waals surface area contributed by atoms with Gasteiger partial charge in [0.05, 0.1) is 5.92 Å². The number of amides is 1. The summed E-state index contributed by atoms with van der Waals surface area (Å²) in [5, 5.41) is 0. The lowest BCUT2D eigenvalue weighted by molar-refractivity contribution is -0.133. The average molecular weight is 263 g/mol. The predicted molar refractivity (Wildman–Crippen MR) is 71.5 cm³/mol. The topological polar surface area (TPSA) is 37.4 Å². The highest BCUT2D eigenvalue weighted by Gasteiger charge is 2.34. The van der Waals surface area contributed by atoms with Crippen LogP contribution in [0, 0.1) is 18.7 Å². The zero-order valence-electron chi connectivity index (χ0n) is 11.3. The number of hydrogen-bond acceptors (Lipinski definition) is 2. The average Bonchev–Trinajstić information content (AvgIpc) is 2.39. The van der Waals surface area contributed by atoms with Gasteiger partial charge in [0.1, 0.15) is 11.6 Å². The molecule has 1 aliphatic rings. The lowest BCUT2D eigenvalue weighted by Crippen LogP contribution is -2.44. The minimum atomic E-state index is -0.525. The van der Waals surface area contributed by atoms with Crippen LogP contribution in [0.4, 0.5) is 10.1 Å². The number of carbonyl (C=O) groups excluding carboxylic acids is 2. The number of aryl methyl sites for hydroxylation is 1. The lowest BCUT2D eigenvalue weighted by atomic mass is 9.91. The fourth-order valence-corrected chi connectivity index (χ4v) is 2.58. The molecule has 19 heavy (non-hydrogen) atoms. The first-order chi connectivity index (χ1) is 9.04. The molecule has 0 unspecified atom stereocenters. The molecule has 4 heteroatoms. The Bertz CT molecular complexity index is 513. The Kier molecular flexibility index (Phi) is 3.98. The number of piperidine rings is 1. The van der Waals surface area contributed by atoms with Gasteiger partial charge in [0.25, 0.3) is 0 Å². The SMILES string of the molecule is CCC(=O)[C@H]1CCCN(c2ccc(F)cc2C)C1=O. The maximum atomic E-state index is 13.1. The molecule has 1 fully saturated rings. The molecule has 1 aliphatic heterocycles. The standard InChI is InChI=1S/C15H18FNO2/c1-3-14(18)12-5-4-8-17(15(12)19)13-7-6-11(16)9-10(13)2/h6-7,9,12H,3-5,8H2,1-2H3/t12-/m1/s1. The van der Waals surface area contributed by atoms with Crippen LogP contribution in [0.2, 0.25) is 0 Å². The largest absolute Gasteiger partial charge is 0.312 e. The van der Waals surface area contributed by atoms with Gasteiger partial charge in [-0.15, -0.1) is 0 Å². The summed E-state index contributed by atoms with van der Waals surface area (Å²) in [5.74, 6) is -0.989. The van der Waals surface area contributed by atoms with Gasteiger partial charge in [-0.1, -0.05) is 6.92 Å². The molecule has 1 atom stereocenters. The number of hydrogen-bond donors (Lipinski definition) is 0. The van der Waals surface area contributed by atoms with Crippen molar-refractivity contribution in [1.82, 2.24) is 0 Å². The van der Waals surface area contributed by atoms with E-state index in [-0.39, 0.29) is 17.5 Å². The Morgan fingerprint density at radius 1 is 1.47 bits per heavy atom. The van der Waals surface area contributed by atoms with Crippen LogP contribution in [0.1, 0.15) is 31.7 Å². The summed E-state index contributed by atoms with van der Waals surface area (Å²) in [6.45, 7) is 4.15. The van der Waals surface area contributed by atoms with Crippen LogP contribution >= 0.6 is 0 Å². The maximum absolute atomic E-state index is 13.1. The fourth-order valence-electron chi connectivity index (χ4n) is 2.58. The number of nitrogens with zero attached hydrogens (tertiary/aromatic N) is 1. The van der Waals surface area contributed by atoms with Crippen LogP contribution < -0.4 is 4.90 Å². The maximum Gasteiger partial charge on any atom is 0.237 e. The number of carbonyl (C=O) groups is 2. The molecule has 1 amide bonds. The van der Waals surface area contributed by atoms with Crippen molar-refractivity contribution in [1.29, 1.82) is 0 Å². The van der Waals surface area contributed by atoms with Crippen LogP contribution in [0.15, 0.2) is 18.2 Å². The second-order valence-corrected chi connectivity index (χ2v) is 4.94. The van der Waals surface area contributed by atoms with Gasteiger partial charge < -0.3 is 4.90 Å². The first-order valence-corrected chi connectivity index (χ1v) is 6.64. The van der Waals surface area contributed by atoms with E-state index in [0.29, 0.717) is 25.1 Å². The van der Waals surface area contributed by atoms with Gasteiger partial charge in [-0.3, -0.25) is 9.59 Å². The molecule has 3 nitrogen and oxygen atoms in total. The summed E-state index contributed by atoms with van der Waals surface area (Å²) in [6, 6.07) is 4.37. The third kappa shape index (κ3) is 2.67. The molecular formula is C15H18FNO2. The molecule has 0 N–H and O–H groups in total. The Hall–Kier alpha value is -1.71. The third-order valence-electron chi connectivity index (χ3n) is 3.63. The van der Waals surface area contributed by atoms with E-state index in [1.807, 2.05) is 0 Å². The minimum Gasteiger partial charge on any atom is -0.312 e. The van der Waals surface area contributed by atoms with E-state index in [0.717, 1.165) is 12.0 Å². The number of benzene rings is 1. The quantitative estimate of drug-likeness (QED) is 0.786. The molecule has 1 heterocycles. The smallest absolute Gasteiger partial charge is 0.237 e. The first kappa shape index (κ1) is 13.7. The number of halogens is 1. The van der Waals surface area contributed by atoms with E-state index in [1.54, 1.807) is 24.8 Å². The highest BCUT2D eigenvalue weighted by Crippen LogP contribution is 2.28. The van der Waals surface area contributed by atoms with Gasteiger partial charge >= 0.3 is 0 Å². The summed E-state index contributed by atoms with van der Waals surface area (Å²) in [7, 11) is 0. The molecule has 1 saturated heterocycles. The van der Waals surface area contributed by atoms with Crippen molar-refractivity contribution in [2.75, 3.05) is 11.4 Å². The van der Waals surface area contributed by atoms with Gasteiger partial charge in [0.2, 0.25) is 5.91 Å². The monoisotopic (exact) mass is 263 g/mol. The molecule has 2 rings (SSSR count).